The molecule has 4 rings (SSSR count). The van der Waals surface area contributed by atoms with E-state index in [2.05, 4.69) is 5.32 Å². The summed E-state index contributed by atoms with van der Waals surface area (Å²) in [5.74, 6) is -0.309. The monoisotopic (exact) mass is 409 g/mol. The molecule has 1 amide bonds. The van der Waals surface area contributed by atoms with Gasteiger partial charge < -0.3 is 9.73 Å². The topological polar surface area (TPSA) is 59.3 Å². The zero-order valence-corrected chi connectivity index (χ0v) is 15.9. The Kier molecular flexibility index (Phi) is 4.90. The first-order valence-corrected chi connectivity index (χ1v) is 9.16. The van der Waals surface area contributed by atoms with Gasteiger partial charge in [-0.2, -0.15) is 0 Å². The van der Waals surface area contributed by atoms with Crippen molar-refractivity contribution in [3.8, 4) is 11.1 Å². The second-order valence-electron chi connectivity index (χ2n) is 6.15. The fourth-order valence-electron chi connectivity index (χ4n) is 2.84. The predicted octanol–water partition coefficient (Wildman–Crippen LogP) is 6.02. The number of hydrogen-bond donors (Lipinski definition) is 1. The van der Waals surface area contributed by atoms with Crippen LogP contribution in [0.4, 0.5) is 5.69 Å². The van der Waals surface area contributed by atoms with E-state index in [4.69, 9.17) is 27.6 Å². The van der Waals surface area contributed by atoms with Crippen LogP contribution >= 0.6 is 23.2 Å². The largest absolute Gasteiger partial charge is 0.422 e. The number of amides is 1. The molecule has 0 unspecified atom stereocenters. The number of carbonyl (C=O) groups is 1. The van der Waals surface area contributed by atoms with Crippen molar-refractivity contribution in [2.45, 2.75) is 0 Å². The predicted molar refractivity (Wildman–Crippen MR) is 112 cm³/mol. The molecule has 1 aromatic heterocycles. The van der Waals surface area contributed by atoms with Crippen molar-refractivity contribution < 1.29 is 9.21 Å². The summed E-state index contributed by atoms with van der Waals surface area (Å²) in [4.78, 5) is 24.6. The van der Waals surface area contributed by atoms with E-state index >= 15 is 0 Å². The molecule has 0 atom stereocenters. The third-order valence-electron chi connectivity index (χ3n) is 4.28. The van der Waals surface area contributed by atoms with Gasteiger partial charge in [0.2, 0.25) is 0 Å². The second kappa shape index (κ2) is 7.50. The van der Waals surface area contributed by atoms with Gasteiger partial charge in [0.15, 0.2) is 0 Å². The zero-order chi connectivity index (χ0) is 19.7. The van der Waals surface area contributed by atoms with Gasteiger partial charge in [0.05, 0.1) is 15.6 Å². The lowest BCUT2D eigenvalue weighted by atomic mass is 10.1. The molecule has 0 bridgehead atoms. The molecule has 138 valence electrons. The maximum absolute atomic E-state index is 12.4. The summed E-state index contributed by atoms with van der Waals surface area (Å²) in [5, 5.41) is 4.33. The highest BCUT2D eigenvalue weighted by molar-refractivity contribution is 6.42. The van der Waals surface area contributed by atoms with Crippen molar-refractivity contribution >= 4 is 45.8 Å². The van der Waals surface area contributed by atoms with Gasteiger partial charge in [0.1, 0.15) is 5.58 Å². The molecule has 0 radical (unpaired) electrons. The summed E-state index contributed by atoms with van der Waals surface area (Å²) in [6.07, 6.45) is 0. The van der Waals surface area contributed by atoms with E-state index in [9.17, 15) is 9.59 Å². The molecule has 6 heteroatoms. The average Bonchev–Trinajstić information content (AvgIpc) is 2.70. The van der Waals surface area contributed by atoms with Gasteiger partial charge in [-0.15, -0.1) is 0 Å². The van der Waals surface area contributed by atoms with Crippen LogP contribution in [0.5, 0.6) is 0 Å². The molecule has 0 aliphatic rings. The molecule has 1 heterocycles. The van der Waals surface area contributed by atoms with Crippen LogP contribution in [0.15, 0.2) is 82.0 Å². The van der Waals surface area contributed by atoms with Crippen molar-refractivity contribution in [2.24, 2.45) is 0 Å². The fourth-order valence-corrected chi connectivity index (χ4v) is 3.14. The van der Waals surface area contributed by atoms with Crippen LogP contribution in [-0.2, 0) is 0 Å². The molecule has 0 spiro atoms. The standard InChI is InChI=1S/C22H13Cl2NO3/c23-18-10-7-15(12-19(18)24)21(26)25-16-8-5-13(6-9-16)17-11-14-3-1-2-4-20(14)28-22(17)27/h1-12H,(H,25,26). The number of carbonyl (C=O) groups excluding carboxylic acids is 1. The van der Waals surface area contributed by atoms with E-state index in [-0.39, 0.29) is 5.91 Å². The Morgan fingerprint density at radius 1 is 0.857 bits per heavy atom. The van der Waals surface area contributed by atoms with Gasteiger partial charge in [-0.25, -0.2) is 4.79 Å². The molecule has 28 heavy (non-hydrogen) atoms. The molecule has 4 nitrogen and oxygen atoms in total. The average molecular weight is 410 g/mol. The van der Waals surface area contributed by atoms with Crippen LogP contribution < -0.4 is 10.9 Å². The smallest absolute Gasteiger partial charge is 0.344 e. The third kappa shape index (κ3) is 3.65. The summed E-state index contributed by atoms with van der Waals surface area (Å²) >= 11 is 11.8. The number of rotatable bonds is 3. The van der Waals surface area contributed by atoms with Crippen molar-refractivity contribution in [2.75, 3.05) is 5.32 Å². The van der Waals surface area contributed by atoms with Crippen LogP contribution in [0.3, 0.4) is 0 Å². The molecular formula is C22H13Cl2NO3. The molecule has 0 fully saturated rings. The second-order valence-corrected chi connectivity index (χ2v) is 6.96. The molecule has 0 aliphatic heterocycles. The molecule has 0 saturated carbocycles. The highest BCUT2D eigenvalue weighted by atomic mass is 35.5. The summed E-state index contributed by atoms with van der Waals surface area (Å²) in [7, 11) is 0. The van der Waals surface area contributed by atoms with Crippen LogP contribution in [-0.4, -0.2) is 5.91 Å². The molecule has 4 aromatic rings. The van der Waals surface area contributed by atoms with Crippen LogP contribution in [0.2, 0.25) is 10.0 Å². The van der Waals surface area contributed by atoms with E-state index in [1.165, 1.54) is 6.07 Å². The lowest BCUT2D eigenvalue weighted by molar-refractivity contribution is 0.102. The Balaban J connectivity index is 1.59. The Bertz CT molecular complexity index is 1250. The van der Waals surface area contributed by atoms with Crippen molar-refractivity contribution in [1.29, 1.82) is 0 Å². The zero-order valence-electron chi connectivity index (χ0n) is 14.4. The van der Waals surface area contributed by atoms with Crippen molar-refractivity contribution in [3.05, 3.63) is 98.8 Å². The minimum absolute atomic E-state index is 0.309. The van der Waals surface area contributed by atoms with Gasteiger partial charge in [0, 0.05) is 16.6 Å². The Morgan fingerprint density at radius 2 is 1.61 bits per heavy atom. The van der Waals surface area contributed by atoms with Crippen LogP contribution in [0.25, 0.3) is 22.1 Å². The molecule has 0 aliphatic carbocycles. The third-order valence-corrected chi connectivity index (χ3v) is 5.02. The quantitative estimate of drug-likeness (QED) is 0.420. The normalized spacial score (nSPS) is 10.8. The lowest BCUT2D eigenvalue weighted by Crippen LogP contribution is -2.11. The number of benzene rings is 3. The number of halogens is 2. The number of anilines is 1. The lowest BCUT2D eigenvalue weighted by Gasteiger charge is -2.08. The summed E-state index contributed by atoms with van der Waals surface area (Å²) < 4.78 is 5.37. The van der Waals surface area contributed by atoms with E-state index in [1.54, 1.807) is 48.5 Å². The molecule has 3 aromatic carbocycles. The first kappa shape index (κ1) is 18.3. The molecular weight excluding hydrogens is 397 g/mol. The molecule has 0 saturated heterocycles. The maximum Gasteiger partial charge on any atom is 0.344 e. The van der Waals surface area contributed by atoms with Crippen LogP contribution in [0.1, 0.15) is 10.4 Å². The minimum Gasteiger partial charge on any atom is -0.422 e. The van der Waals surface area contributed by atoms with Crippen LogP contribution in [0, 0.1) is 0 Å². The van der Waals surface area contributed by atoms with E-state index < -0.39 is 5.63 Å². The molecule has 1 N–H and O–H groups in total. The number of nitrogens with one attached hydrogen (secondary N) is 1. The first-order valence-electron chi connectivity index (χ1n) is 8.41. The SMILES string of the molecule is O=C(Nc1ccc(-c2cc3ccccc3oc2=O)cc1)c1ccc(Cl)c(Cl)c1. The highest BCUT2D eigenvalue weighted by Gasteiger charge is 2.10. The highest BCUT2D eigenvalue weighted by Crippen LogP contribution is 2.25. The van der Waals surface area contributed by atoms with E-state index in [0.717, 1.165) is 5.39 Å². The van der Waals surface area contributed by atoms with Gasteiger partial charge >= 0.3 is 5.63 Å². The van der Waals surface area contributed by atoms with Gasteiger partial charge in [0.25, 0.3) is 5.91 Å². The van der Waals surface area contributed by atoms with E-state index in [0.29, 0.717) is 38.0 Å². The van der Waals surface area contributed by atoms with Gasteiger partial charge in [-0.3, -0.25) is 4.79 Å². The Hall–Kier alpha value is -3.08. The fraction of sp³-hybridized carbons (Fsp3) is 0. The summed E-state index contributed by atoms with van der Waals surface area (Å²) in [6, 6.07) is 20.8. The Labute approximate surface area is 170 Å². The maximum atomic E-state index is 12.4. The minimum atomic E-state index is -0.411. The number of hydrogen-bond acceptors (Lipinski definition) is 3. The summed E-state index contributed by atoms with van der Waals surface area (Å²) in [5.41, 5.74) is 2.28. The first-order chi connectivity index (χ1) is 13.5. The number of fused-ring (bicyclic) bond motifs is 1. The number of para-hydroxylation sites is 1. The van der Waals surface area contributed by atoms with Crippen molar-refractivity contribution in [3.63, 3.8) is 0 Å². The van der Waals surface area contributed by atoms with E-state index in [1.807, 2.05) is 18.2 Å². The van der Waals surface area contributed by atoms with Gasteiger partial charge in [-0.1, -0.05) is 53.5 Å². The Morgan fingerprint density at radius 3 is 2.36 bits per heavy atom. The summed E-state index contributed by atoms with van der Waals surface area (Å²) in [6.45, 7) is 0. The van der Waals surface area contributed by atoms with Crippen molar-refractivity contribution in [1.82, 2.24) is 0 Å². The van der Waals surface area contributed by atoms with Gasteiger partial charge in [-0.05, 0) is 48.0 Å².